The van der Waals surface area contributed by atoms with Crippen LogP contribution in [0.5, 0.6) is 0 Å². The van der Waals surface area contributed by atoms with E-state index >= 15 is 0 Å². The molecule has 0 aliphatic carbocycles. The van der Waals surface area contributed by atoms with E-state index in [0.29, 0.717) is 4.47 Å². The molecule has 1 unspecified atom stereocenters. The first-order valence-corrected chi connectivity index (χ1v) is 8.78. The Morgan fingerprint density at radius 3 is 2.52 bits per heavy atom. The number of benzene rings is 2. The maximum atomic E-state index is 14.1. The van der Waals surface area contributed by atoms with Crippen LogP contribution in [0.25, 0.3) is 0 Å². The number of hydrogen-bond acceptors (Lipinski definition) is 6. The highest BCUT2D eigenvalue weighted by Crippen LogP contribution is 2.34. The van der Waals surface area contributed by atoms with Crippen molar-refractivity contribution in [3.05, 3.63) is 80.8 Å². The number of nitrogens with zero attached hydrogens (tertiary/aromatic N) is 3. The fourth-order valence-electron chi connectivity index (χ4n) is 2.50. The molecule has 0 bridgehead atoms. The molecule has 2 aromatic carbocycles. The lowest BCUT2D eigenvalue weighted by Gasteiger charge is -2.16. The Bertz CT molecular complexity index is 971. The van der Waals surface area contributed by atoms with Crippen molar-refractivity contribution in [3.8, 4) is 0 Å². The number of hydrogen-bond donors (Lipinski definition) is 2. The van der Waals surface area contributed by atoms with Crippen LogP contribution in [0.2, 0.25) is 0 Å². The molecule has 0 spiro atoms. The van der Waals surface area contributed by atoms with E-state index in [-0.39, 0.29) is 29.1 Å². The standard InChI is InChI=1S/C18H15BrFN5O2/c1-11(12-5-3-2-4-6-12)23-17-16(25(26)27)18(22-10-21-17)24-15-8-7-13(19)9-14(15)20/h2-11H,1H3,(H2,21,22,23,24). The number of nitrogens with one attached hydrogen (secondary N) is 2. The van der Waals surface area contributed by atoms with Gasteiger partial charge in [-0.3, -0.25) is 10.1 Å². The minimum Gasteiger partial charge on any atom is -0.358 e. The third-order valence-corrected chi connectivity index (χ3v) is 4.34. The maximum Gasteiger partial charge on any atom is 0.353 e. The van der Waals surface area contributed by atoms with E-state index in [1.807, 2.05) is 37.3 Å². The third-order valence-electron chi connectivity index (χ3n) is 3.84. The van der Waals surface area contributed by atoms with Crippen molar-refractivity contribution in [1.29, 1.82) is 0 Å². The number of aromatic nitrogens is 2. The molecular formula is C18H15BrFN5O2. The van der Waals surface area contributed by atoms with Crippen LogP contribution in [0.15, 0.2) is 59.3 Å². The molecule has 0 aliphatic heterocycles. The summed E-state index contributed by atoms with van der Waals surface area (Å²) in [5.74, 6) is -0.616. The first kappa shape index (κ1) is 18.7. The number of anilines is 3. The smallest absolute Gasteiger partial charge is 0.353 e. The first-order valence-electron chi connectivity index (χ1n) is 7.98. The summed E-state index contributed by atoms with van der Waals surface area (Å²) in [6.07, 6.45) is 1.19. The molecule has 9 heteroatoms. The molecule has 0 aliphatic rings. The van der Waals surface area contributed by atoms with Crippen molar-refractivity contribution in [2.45, 2.75) is 13.0 Å². The zero-order chi connectivity index (χ0) is 19.4. The summed E-state index contributed by atoms with van der Waals surface area (Å²) in [5, 5.41) is 17.3. The van der Waals surface area contributed by atoms with Crippen molar-refractivity contribution in [2.24, 2.45) is 0 Å². The van der Waals surface area contributed by atoms with Crippen molar-refractivity contribution in [1.82, 2.24) is 9.97 Å². The van der Waals surface area contributed by atoms with Gasteiger partial charge in [-0.25, -0.2) is 14.4 Å². The number of nitro groups is 1. The molecule has 2 N–H and O–H groups in total. The zero-order valence-corrected chi connectivity index (χ0v) is 15.8. The lowest BCUT2D eigenvalue weighted by molar-refractivity contribution is -0.383. The topological polar surface area (TPSA) is 93.0 Å². The summed E-state index contributed by atoms with van der Waals surface area (Å²) in [5.41, 5.74) is 0.656. The molecule has 1 aromatic heterocycles. The highest BCUT2D eigenvalue weighted by molar-refractivity contribution is 9.10. The third kappa shape index (κ3) is 4.37. The molecule has 7 nitrogen and oxygen atoms in total. The van der Waals surface area contributed by atoms with Crippen LogP contribution in [-0.4, -0.2) is 14.9 Å². The molecule has 3 rings (SSSR count). The van der Waals surface area contributed by atoms with E-state index in [9.17, 15) is 14.5 Å². The van der Waals surface area contributed by atoms with Gasteiger partial charge >= 0.3 is 5.69 Å². The van der Waals surface area contributed by atoms with Crippen molar-refractivity contribution in [2.75, 3.05) is 10.6 Å². The normalized spacial score (nSPS) is 11.7. The Balaban J connectivity index is 1.94. The lowest BCUT2D eigenvalue weighted by Crippen LogP contribution is -2.12. The summed E-state index contributed by atoms with van der Waals surface area (Å²) in [7, 11) is 0. The Labute approximate surface area is 163 Å². The van der Waals surface area contributed by atoms with Crippen LogP contribution in [0.3, 0.4) is 0 Å². The van der Waals surface area contributed by atoms with E-state index in [2.05, 4.69) is 36.5 Å². The Morgan fingerprint density at radius 1 is 1.15 bits per heavy atom. The summed E-state index contributed by atoms with van der Waals surface area (Å²) in [6.45, 7) is 1.86. The molecule has 0 saturated carbocycles. The maximum absolute atomic E-state index is 14.1. The predicted molar refractivity (Wildman–Crippen MR) is 105 cm³/mol. The minimum atomic E-state index is -0.598. The molecule has 0 fully saturated rings. The average molecular weight is 432 g/mol. The zero-order valence-electron chi connectivity index (χ0n) is 14.2. The van der Waals surface area contributed by atoms with E-state index in [4.69, 9.17) is 0 Å². The Hall–Kier alpha value is -3.07. The highest BCUT2D eigenvalue weighted by Gasteiger charge is 2.25. The molecule has 138 valence electrons. The molecule has 0 saturated heterocycles. The van der Waals surface area contributed by atoms with Gasteiger partial charge in [-0.05, 0) is 30.7 Å². The number of rotatable bonds is 6. The van der Waals surface area contributed by atoms with Gasteiger partial charge in [0.05, 0.1) is 16.7 Å². The molecular weight excluding hydrogens is 417 g/mol. The van der Waals surface area contributed by atoms with Crippen LogP contribution < -0.4 is 10.6 Å². The van der Waals surface area contributed by atoms with Gasteiger partial charge in [0.25, 0.3) is 0 Å². The summed E-state index contributed by atoms with van der Waals surface area (Å²) in [4.78, 5) is 19.0. The largest absolute Gasteiger partial charge is 0.358 e. The van der Waals surface area contributed by atoms with Crippen LogP contribution in [-0.2, 0) is 0 Å². The molecule has 0 amide bonds. The highest BCUT2D eigenvalue weighted by atomic mass is 79.9. The van der Waals surface area contributed by atoms with E-state index in [0.717, 1.165) is 5.56 Å². The average Bonchev–Trinajstić information content (AvgIpc) is 2.64. The van der Waals surface area contributed by atoms with Gasteiger partial charge < -0.3 is 10.6 Å². The molecule has 27 heavy (non-hydrogen) atoms. The van der Waals surface area contributed by atoms with Crippen LogP contribution in [0.4, 0.5) is 27.4 Å². The lowest BCUT2D eigenvalue weighted by atomic mass is 10.1. The Kier molecular flexibility index (Phi) is 5.60. The van der Waals surface area contributed by atoms with Gasteiger partial charge in [0.1, 0.15) is 12.1 Å². The summed E-state index contributed by atoms with van der Waals surface area (Å²) < 4.78 is 14.6. The van der Waals surface area contributed by atoms with Crippen LogP contribution >= 0.6 is 15.9 Å². The molecule has 3 aromatic rings. The van der Waals surface area contributed by atoms with Crippen molar-refractivity contribution < 1.29 is 9.31 Å². The van der Waals surface area contributed by atoms with Gasteiger partial charge in [0, 0.05) is 4.47 Å². The Morgan fingerprint density at radius 2 is 1.85 bits per heavy atom. The fourth-order valence-corrected chi connectivity index (χ4v) is 2.83. The van der Waals surface area contributed by atoms with Crippen molar-refractivity contribution >= 4 is 38.9 Å². The van der Waals surface area contributed by atoms with Gasteiger partial charge in [-0.1, -0.05) is 46.3 Å². The SMILES string of the molecule is CC(Nc1ncnc(Nc2ccc(Br)cc2F)c1[N+](=O)[O-])c1ccccc1. The quantitative estimate of drug-likeness (QED) is 0.411. The first-order chi connectivity index (χ1) is 13.0. The van der Waals surface area contributed by atoms with Crippen LogP contribution in [0.1, 0.15) is 18.5 Å². The second-order valence-electron chi connectivity index (χ2n) is 5.70. The minimum absolute atomic E-state index is 0.0476. The van der Waals surface area contributed by atoms with E-state index in [1.165, 1.54) is 18.5 Å². The monoisotopic (exact) mass is 431 g/mol. The summed E-state index contributed by atoms with van der Waals surface area (Å²) in [6, 6.07) is 13.6. The molecule has 0 radical (unpaired) electrons. The predicted octanol–water partition coefficient (Wildman–Crippen LogP) is 5.20. The number of halogens is 2. The van der Waals surface area contributed by atoms with E-state index < -0.39 is 10.7 Å². The fraction of sp³-hybridized carbons (Fsp3) is 0.111. The van der Waals surface area contributed by atoms with Crippen LogP contribution in [0, 0.1) is 15.9 Å². The summed E-state index contributed by atoms with van der Waals surface area (Å²) >= 11 is 3.17. The van der Waals surface area contributed by atoms with Gasteiger partial charge in [-0.2, -0.15) is 0 Å². The van der Waals surface area contributed by atoms with Crippen molar-refractivity contribution in [3.63, 3.8) is 0 Å². The van der Waals surface area contributed by atoms with Gasteiger partial charge in [0.2, 0.25) is 11.6 Å². The second-order valence-corrected chi connectivity index (χ2v) is 6.62. The van der Waals surface area contributed by atoms with Gasteiger partial charge in [0.15, 0.2) is 0 Å². The van der Waals surface area contributed by atoms with E-state index in [1.54, 1.807) is 6.07 Å². The molecule has 1 atom stereocenters. The molecule has 1 heterocycles. The second kappa shape index (κ2) is 8.09. The van der Waals surface area contributed by atoms with Gasteiger partial charge in [-0.15, -0.1) is 0 Å².